The van der Waals surface area contributed by atoms with Crippen molar-refractivity contribution < 1.29 is 4.42 Å². The van der Waals surface area contributed by atoms with E-state index in [0.29, 0.717) is 5.82 Å². The van der Waals surface area contributed by atoms with Gasteiger partial charge in [-0.15, -0.1) is 0 Å². The topological polar surface area (TPSA) is 43.9 Å². The van der Waals surface area contributed by atoms with Crippen LogP contribution in [0, 0.1) is 0 Å². The molecule has 0 amide bonds. The first kappa shape index (κ1) is 28.3. The fraction of sp³-hybridized carbons (Fsp3) is 0. The van der Waals surface area contributed by atoms with Gasteiger partial charge in [-0.3, -0.25) is 0 Å². The zero-order valence-electron chi connectivity index (χ0n) is 27.0. The summed E-state index contributed by atoms with van der Waals surface area (Å²) < 4.78 is 8.91. The minimum atomic E-state index is 0.704. The Balaban J connectivity index is 1.13. The van der Waals surface area contributed by atoms with E-state index < -0.39 is 0 Å². The van der Waals surface area contributed by atoms with E-state index in [9.17, 15) is 0 Å². The summed E-state index contributed by atoms with van der Waals surface area (Å²) in [6.45, 7) is 0. The smallest absolute Gasteiger partial charge is 0.160 e. The monoisotopic (exact) mass is 639 g/mol. The molecule has 0 saturated carbocycles. The SMILES string of the molecule is c1ccc(-c2cc(-c3ccccc3-c3ccc(-n4c5ccccc5c5ccc6c7ccccc7oc6c54)cc3)nc(-c3ccccc3)n2)cc1. The Hall–Kier alpha value is -6.78. The van der Waals surface area contributed by atoms with Crippen LogP contribution in [0.5, 0.6) is 0 Å². The largest absolute Gasteiger partial charge is 0.454 e. The summed E-state index contributed by atoms with van der Waals surface area (Å²) in [5.74, 6) is 0.704. The lowest BCUT2D eigenvalue weighted by Gasteiger charge is -2.14. The van der Waals surface area contributed by atoms with Gasteiger partial charge in [0.05, 0.1) is 22.4 Å². The van der Waals surface area contributed by atoms with Crippen molar-refractivity contribution in [1.29, 1.82) is 0 Å². The minimum Gasteiger partial charge on any atom is -0.454 e. The molecule has 0 fully saturated rings. The molecule has 4 heteroatoms. The first-order chi connectivity index (χ1) is 24.8. The van der Waals surface area contributed by atoms with E-state index in [2.05, 4.69) is 132 Å². The Morgan fingerprint density at radius 3 is 1.84 bits per heavy atom. The number of aromatic nitrogens is 3. The summed E-state index contributed by atoms with van der Waals surface area (Å²) in [5.41, 5.74) is 12.2. The molecule has 0 spiro atoms. The number of furan rings is 1. The highest BCUT2D eigenvalue weighted by Crippen LogP contribution is 2.41. The van der Waals surface area contributed by atoms with Gasteiger partial charge >= 0.3 is 0 Å². The van der Waals surface area contributed by atoms with E-state index in [0.717, 1.165) is 77.9 Å². The summed E-state index contributed by atoms with van der Waals surface area (Å²) in [6, 6.07) is 61.3. The molecule has 7 aromatic carbocycles. The lowest BCUT2D eigenvalue weighted by molar-refractivity contribution is 0.671. The molecule has 10 rings (SSSR count). The van der Waals surface area contributed by atoms with Crippen LogP contribution in [0.3, 0.4) is 0 Å². The van der Waals surface area contributed by atoms with E-state index in [4.69, 9.17) is 14.4 Å². The lowest BCUT2D eigenvalue weighted by atomic mass is 9.96. The van der Waals surface area contributed by atoms with Crippen molar-refractivity contribution in [2.24, 2.45) is 0 Å². The number of hydrogen-bond donors (Lipinski definition) is 0. The predicted octanol–water partition coefficient (Wildman–Crippen LogP) is 12.1. The van der Waals surface area contributed by atoms with E-state index in [1.54, 1.807) is 0 Å². The number of para-hydroxylation sites is 2. The summed E-state index contributed by atoms with van der Waals surface area (Å²) >= 11 is 0. The van der Waals surface area contributed by atoms with Crippen LogP contribution in [0.1, 0.15) is 0 Å². The second-order valence-electron chi connectivity index (χ2n) is 12.6. The molecule has 3 aromatic heterocycles. The van der Waals surface area contributed by atoms with Gasteiger partial charge < -0.3 is 8.98 Å². The fourth-order valence-electron chi connectivity index (χ4n) is 7.31. The van der Waals surface area contributed by atoms with Gasteiger partial charge in [-0.2, -0.15) is 0 Å². The van der Waals surface area contributed by atoms with Crippen LogP contribution < -0.4 is 0 Å². The Morgan fingerprint density at radius 1 is 0.420 bits per heavy atom. The third kappa shape index (κ3) is 4.54. The highest BCUT2D eigenvalue weighted by Gasteiger charge is 2.19. The summed E-state index contributed by atoms with van der Waals surface area (Å²) in [4.78, 5) is 10.1. The molecular weight excluding hydrogens is 611 g/mol. The molecule has 3 heterocycles. The number of benzene rings is 7. The van der Waals surface area contributed by atoms with E-state index in [-0.39, 0.29) is 0 Å². The third-order valence-electron chi connectivity index (χ3n) is 9.65. The van der Waals surface area contributed by atoms with Gasteiger partial charge in [-0.05, 0) is 47.5 Å². The Bertz CT molecular complexity index is 2790. The van der Waals surface area contributed by atoms with Crippen LogP contribution in [-0.2, 0) is 0 Å². The van der Waals surface area contributed by atoms with E-state index in [1.807, 2.05) is 48.5 Å². The quantitative estimate of drug-likeness (QED) is 0.188. The zero-order valence-corrected chi connectivity index (χ0v) is 27.0. The normalized spacial score (nSPS) is 11.6. The predicted molar refractivity (Wildman–Crippen MR) is 205 cm³/mol. The van der Waals surface area contributed by atoms with Gasteiger partial charge in [-0.1, -0.05) is 140 Å². The molecule has 234 valence electrons. The maximum atomic E-state index is 6.57. The molecule has 10 aromatic rings. The summed E-state index contributed by atoms with van der Waals surface area (Å²) in [6.07, 6.45) is 0. The van der Waals surface area contributed by atoms with Crippen LogP contribution in [0.2, 0.25) is 0 Å². The third-order valence-corrected chi connectivity index (χ3v) is 9.65. The van der Waals surface area contributed by atoms with Crippen molar-refractivity contribution in [2.75, 3.05) is 0 Å². The number of nitrogens with zero attached hydrogens (tertiary/aromatic N) is 3. The van der Waals surface area contributed by atoms with Crippen LogP contribution in [0.15, 0.2) is 180 Å². The molecule has 0 aliphatic rings. The molecule has 0 unspecified atom stereocenters. The Labute approximate surface area is 288 Å². The van der Waals surface area contributed by atoms with Crippen LogP contribution in [-0.4, -0.2) is 14.5 Å². The molecule has 4 nitrogen and oxygen atoms in total. The van der Waals surface area contributed by atoms with Crippen LogP contribution >= 0.6 is 0 Å². The summed E-state index contributed by atoms with van der Waals surface area (Å²) in [5, 5.41) is 4.63. The van der Waals surface area contributed by atoms with Gasteiger partial charge in [0, 0.05) is 43.9 Å². The number of fused-ring (bicyclic) bond motifs is 7. The molecule has 0 N–H and O–H groups in total. The van der Waals surface area contributed by atoms with Crippen molar-refractivity contribution in [1.82, 2.24) is 14.5 Å². The first-order valence-corrected chi connectivity index (χ1v) is 16.8. The Kier molecular flexibility index (Phi) is 6.46. The molecule has 0 radical (unpaired) electrons. The van der Waals surface area contributed by atoms with E-state index in [1.165, 1.54) is 10.8 Å². The number of hydrogen-bond acceptors (Lipinski definition) is 3. The highest BCUT2D eigenvalue weighted by atomic mass is 16.3. The van der Waals surface area contributed by atoms with Crippen molar-refractivity contribution in [3.63, 3.8) is 0 Å². The highest BCUT2D eigenvalue weighted by molar-refractivity contribution is 6.21. The zero-order chi connectivity index (χ0) is 33.0. The first-order valence-electron chi connectivity index (χ1n) is 16.8. The van der Waals surface area contributed by atoms with E-state index >= 15 is 0 Å². The summed E-state index contributed by atoms with van der Waals surface area (Å²) in [7, 11) is 0. The van der Waals surface area contributed by atoms with Crippen molar-refractivity contribution in [3.05, 3.63) is 176 Å². The molecule has 50 heavy (non-hydrogen) atoms. The lowest BCUT2D eigenvalue weighted by Crippen LogP contribution is -1.97. The van der Waals surface area contributed by atoms with Crippen molar-refractivity contribution in [3.8, 4) is 50.7 Å². The molecule has 0 saturated heterocycles. The standard InChI is InChI=1S/C46H29N3O/c1-3-13-31(14-4-1)40-29-41(48-46(47-40)32-15-5-2-6-16-32)35-18-8-7-17-34(35)30-23-25-33(26-24-30)49-42-21-11-9-19-36(42)38-27-28-39-37-20-10-12-22-43(37)50-45(39)44(38)49/h1-29H. The average molecular weight is 640 g/mol. The minimum absolute atomic E-state index is 0.704. The van der Waals surface area contributed by atoms with Crippen molar-refractivity contribution in [2.45, 2.75) is 0 Å². The number of rotatable bonds is 5. The second kappa shape index (κ2) is 11.4. The van der Waals surface area contributed by atoms with Gasteiger partial charge in [0.15, 0.2) is 11.4 Å². The van der Waals surface area contributed by atoms with Gasteiger partial charge in [0.1, 0.15) is 5.58 Å². The molecule has 0 aliphatic heterocycles. The maximum Gasteiger partial charge on any atom is 0.160 e. The maximum absolute atomic E-state index is 6.57. The van der Waals surface area contributed by atoms with Gasteiger partial charge in [0.25, 0.3) is 0 Å². The molecule has 0 aliphatic carbocycles. The van der Waals surface area contributed by atoms with Crippen molar-refractivity contribution >= 4 is 43.7 Å². The van der Waals surface area contributed by atoms with Crippen LogP contribution in [0.25, 0.3) is 94.5 Å². The van der Waals surface area contributed by atoms with Crippen LogP contribution in [0.4, 0.5) is 0 Å². The average Bonchev–Trinajstić information content (AvgIpc) is 3.75. The van der Waals surface area contributed by atoms with Gasteiger partial charge in [0.2, 0.25) is 0 Å². The molecular formula is C46H29N3O. The second-order valence-corrected chi connectivity index (χ2v) is 12.6. The molecule has 0 atom stereocenters. The van der Waals surface area contributed by atoms with Gasteiger partial charge in [-0.25, -0.2) is 9.97 Å². The molecule has 0 bridgehead atoms. The fourth-order valence-corrected chi connectivity index (χ4v) is 7.31. The Morgan fingerprint density at radius 2 is 1.04 bits per heavy atom.